The summed E-state index contributed by atoms with van der Waals surface area (Å²) >= 11 is 0. The molecule has 2 aromatic carbocycles. The third kappa shape index (κ3) is 2.30. The molecule has 0 atom stereocenters. The van der Waals surface area contributed by atoms with Crippen molar-refractivity contribution in [3.8, 4) is 0 Å². The van der Waals surface area contributed by atoms with Crippen molar-refractivity contribution in [2.24, 2.45) is 5.84 Å². The van der Waals surface area contributed by atoms with Crippen molar-refractivity contribution in [1.29, 1.82) is 0 Å². The van der Waals surface area contributed by atoms with Gasteiger partial charge in [-0.3, -0.25) is 5.84 Å². The van der Waals surface area contributed by atoms with Crippen molar-refractivity contribution in [1.82, 2.24) is 5.43 Å². The summed E-state index contributed by atoms with van der Waals surface area (Å²) < 4.78 is 0. The molecule has 0 aliphatic heterocycles. The van der Waals surface area contributed by atoms with E-state index in [4.69, 9.17) is 5.84 Å². The fourth-order valence-corrected chi connectivity index (χ4v) is 1.65. The Labute approximate surface area is 95.4 Å². The lowest BCUT2D eigenvalue weighted by Crippen LogP contribution is -2.14. The molecule has 0 saturated carbocycles. The van der Waals surface area contributed by atoms with Crippen LogP contribution in [-0.4, -0.2) is 0 Å². The molecule has 0 unspecified atom stereocenters. The highest BCUT2D eigenvalue weighted by Gasteiger charge is 2.02. The molecule has 0 bridgehead atoms. The highest BCUT2D eigenvalue weighted by atomic mass is 15.2. The van der Waals surface area contributed by atoms with Crippen molar-refractivity contribution in [3.05, 3.63) is 78.0 Å². The van der Waals surface area contributed by atoms with Crippen LogP contribution in [0.4, 0.5) is 0 Å². The average molecular weight is 210 g/mol. The summed E-state index contributed by atoms with van der Waals surface area (Å²) in [5.41, 5.74) is 5.98. The minimum Gasteiger partial charge on any atom is -0.331 e. The van der Waals surface area contributed by atoms with Crippen molar-refractivity contribution >= 4 is 5.57 Å². The lowest BCUT2D eigenvalue weighted by molar-refractivity contribution is 0.970. The van der Waals surface area contributed by atoms with Crippen molar-refractivity contribution in [2.45, 2.75) is 0 Å². The van der Waals surface area contributed by atoms with Gasteiger partial charge < -0.3 is 5.43 Å². The molecule has 0 fully saturated rings. The van der Waals surface area contributed by atoms with Gasteiger partial charge in [-0.2, -0.15) is 0 Å². The highest BCUT2D eigenvalue weighted by molar-refractivity contribution is 5.79. The average Bonchev–Trinajstić information content (AvgIpc) is 2.38. The molecule has 2 aromatic rings. The number of rotatable bonds is 3. The van der Waals surface area contributed by atoms with Gasteiger partial charge in [0.25, 0.3) is 0 Å². The van der Waals surface area contributed by atoms with E-state index in [1.54, 1.807) is 0 Å². The molecular weight excluding hydrogens is 196 g/mol. The summed E-state index contributed by atoms with van der Waals surface area (Å²) in [4.78, 5) is 0. The third-order valence-corrected chi connectivity index (χ3v) is 2.40. The fourth-order valence-electron chi connectivity index (χ4n) is 1.65. The minimum absolute atomic E-state index is 1.09. The molecule has 80 valence electrons. The Bertz CT molecular complexity index is 419. The van der Waals surface area contributed by atoms with Crippen molar-refractivity contribution in [3.63, 3.8) is 0 Å². The van der Waals surface area contributed by atoms with E-state index in [1.165, 1.54) is 0 Å². The van der Waals surface area contributed by atoms with Gasteiger partial charge in [0.2, 0.25) is 0 Å². The second-order valence-corrected chi connectivity index (χ2v) is 3.46. The second kappa shape index (κ2) is 5.14. The SMILES string of the molecule is NNC=C(c1ccccc1)c1ccccc1. The highest BCUT2D eigenvalue weighted by Crippen LogP contribution is 2.21. The smallest absolute Gasteiger partial charge is 0.0207 e. The number of hydrogen-bond donors (Lipinski definition) is 2. The Morgan fingerprint density at radius 3 is 1.62 bits per heavy atom. The topological polar surface area (TPSA) is 38.0 Å². The lowest BCUT2D eigenvalue weighted by Gasteiger charge is -2.07. The van der Waals surface area contributed by atoms with E-state index in [0.717, 1.165) is 16.7 Å². The molecule has 3 N–H and O–H groups in total. The Balaban J connectivity index is 2.44. The van der Waals surface area contributed by atoms with Crippen LogP contribution < -0.4 is 11.3 Å². The van der Waals surface area contributed by atoms with Crippen LogP contribution in [0.15, 0.2) is 66.9 Å². The predicted molar refractivity (Wildman–Crippen MR) is 67.3 cm³/mol. The minimum atomic E-state index is 1.09. The molecule has 0 spiro atoms. The van der Waals surface area contributed by atoms with Crippen LogP contribution in [0.3, 0.4) is 0 Å². The zero-order valence-corrected chi connectivity index (χ0v) is 8.93. The summed E-state index contributed by atoms with van der Waals surface area (Å²) in [6.07, 6.45) is 1.81. The van der Waals surface area contributed by atoms with Crippen LogP contribution in [-0.2, 0) is 0 Å². The van der Waals surface area contributed by atoms with Crippen LogP contribution >= 0.6 is 0 Å². The van der Waals surface area contributed by atoms with Crippen LogP contribution in [0.1, 0.15) is 11.1 Å². The molecule has 16 heavy (non-hydrogen) atoms. The van der Waals surface area contributed by atoms with Crippen LogP contribution in [0.25, 0.3) is 5.57 Å². The number of benzene rings is 2. The van der Waals surface area contributed by atoms with Gasteiger partial charge in [-0.1, -0.05) is 60.7 Å². The second-order valence-electron chi connectivity index (χ2n) is 3.46. The zero-order chi connectivity index (χ0) is 11.2. The largest absolute Gasteiger partial charge is 0.331 e. The van der Waals surface area contributed by atoms with E-state index in [2.05, 4.69) is 29.7 Å². The quantitative estimate of drug-likeness (QED) is 0.603. The molecule has 2 nitrogen and oxygen atoms in total. The van der Waals surface area contributed by atoms with E-state index in [1.807, 2.05) is 42.6 Å². The van der Waals surface area contributed by atoms with Gasteiger partial charge in [-0.25, -0.2) is 0 Å². The summed E-state index contributed by atoms with van der Waals surface area (Å²) in [6.45, 7) is 0. The van der Waals surface area contributed by atoms with Crippen LogP contribution in [0, 0.1) is 0 Å². The summed E-state index contributed by atoms with van der Waals surface area (Å²) in [5.74, 6) is 5.38. The Morgan fingerprint density at radius 1 is 0.812 bits per heavy atom. The van der Waals surface area contributed by atoms with Gasteiger partial charge in [0, 0.05) is 11.8 Å². The van der Waals surface area contributed by atoms with Gasteiger partial charge >= 0.3 is 0 Å². The predicted octanol–water partition coefficient (Wildman–Crippen LogP) is 2.54. The summed E-state index contributed by atoms with van der Waals surface area (Å²) in [6, 6.07) is 20.3. The number of hydrazine groups is 1. The number of nitrogens with one attached hydrogen (secondary N) is 1. The normalized spacial score (nSPS) is 9.56. The van der Waals surface area contributed by atoms with E-state index in [9.17, 15) is 0 Å². The summed E-state index contributed by atoms with van der Waals surface area (Å²) in [7, 11) is 0. The zero-order valence-electron chi connectivity index (χ0n) is 8.93. The fraction of sp³-hybridized carbons (Fsp3) is 0. The third-order valence-electron chi connectivity index (χ3n) is 2.40. The molecule has 0 aromatic heterocycles. The molecule has 0 aliphatic rings. The van der Waals surface area contributed by atoms with Crippen LogP contribution in [0.2, 0.25) is 0 Å². The standard InChI is InChI=1S/C14H14N2/c15-16-11-14(12-7-3-1-4-8-12)13-9-5-2-6-10-13/h1-11,16H,15H2. The Kier molecular flexibility index (Phi) is 3.36. The molecule has 0 aliphatic carbocycles. The van der Waals surface area contributed by atoms with E-state index < -0.39 is 0 Å². The Hall–Kier alpha value is -2.06. The maximum Gasteiger partial charge on any atom is 0.0207 e. The Morgan fingerprint density at radius 2 is 1.25 bits per heavy atom. The maximum absolute atomic E-state index is 5.38. The maximum atomic E-state index is 5.38. The summed E-state index contributed by atoms with van der Waals surface area (Å²) in [5, 5.41) is 0. The van der Waals surface area contributed by atoms with Gasteiger partial charge in [-0.05, 0) is 11.1 Å². The van der Waals surface area contributed by atoms with Gasteiger partial charge in [0.15, 0.2) is 0 Å². The molecule has 0 radical (unpaired) electrons. The molecular formula is C14H14N2. The molecule has 2 heteroatoms. The van der Waals surface area contributed by atoms with Crippen molar-refractivity contribution in [2.75, 3.05) is 0 Å². The monoisotopic (exact) mass is 210 g/mol. The van der Waals surface area contributed by atoms with E-state index >= 15 is 0 Å². The van der Waals surface area contributed by atoms with E-state index in [-0.39, 0.29) is 0 Å². The number of nitrogens with two attached hydrogens (primary N) is 1. The molecule has 0 amide bonds. The van der Waals surface area contributed by atoms with Crippen LogP contribution in [0.5, 0.6) is 0 Å². The molecule has 0 heterocycles. The van der Waals surface area contributed by atoms with E-state index in [0.29, 0.717) is 0 Å². The number of hydrogen-bond acceptors (Lipinski definition) is 2. The first-order valence-electron chi connectivity index (χ1n) is 5.19. The van der Waals surface area contributed by atoms with Gasteiger partial charge in [0.1, 0.15) is 0 Å². The van der Waals surface area contributed by atoms with Crippen molar-refractivity contribution < 1.29 is 0 Å². The van der Waals surface area contributed by atoms with Gasteiger partial charge in [0.05, 0.1) is 0 Å². The first kappa shape index (κ1) is 10.5. The first-order chi connectivity index (χ1) is 7.92. The molecule has 2 rings (SSSR count). The molecule has 0 saturated heterocycles. The first-order valence-corrected chi connectivity index (χ1v) is 5.19. The lowest BCUT2D eigenvalue weighted by atomic mass is 9.99. The van der Waals surface area contributed by atoms with Gasteiger partial charge in [-0.15, -0.1) is 0 Å².